The maximum atomic E-state index is 10.5. The fourth-order valence-electron chi connectivity index (χ4n) is 2.91. The molecule has 1 aliphatic heterocycles. The molecule has 3 heteroatoms. The van der Waals surface area contributed by atoms with Gasteiger partial charge < -0.3 is 14.6 Å². The van der Waals surface area contributed by atoms with Gasteiger partial charge in [0.1, 0.15) is 23.4 Å². The van der Waals surface area contributed by atoms with Gasteiger partial charge in [-0.05, 0) is 56.0 Å². The standard InChI is InChI=1S/C20H22O3/c1-14-6-5-7-15-13-16(22-2)10-11-19(15)23-20-9-4-3-8-17(20)18(21)12-14/h3-4,8-13,18,21H,5-7H2,1-2H3/b14-12-. The summed E-state index contributed by atoms with van der Waals surface area (Å²) in [7, 11) is 1.67. The summed E-state index contributed by atoms with van der Waals surface area (Å²) in [5.74, 6) is 2.35. The first-order valence-electron chi connectivity index (χ1n) is 7.96. The minimum Gasteiger partial charge on any atom is -0.497 e. The van der Waals surface area contributed by atoms with Crippen molar-refractivity contribution in [1.82, 2.24) is 0 Å². The second kappa shape index (κ2) is 6.88. The maximum absolute atomic E-state index is 10.5. The number of aliphatic hydroxyl groups is 1. The van der Waals surface area contributed by atoms with Crippen molar-refractivity contribution in [3.8, 4) is 17.2 Å². The molecular weight excluding hydrogens is 288 g/mol. The van der Waals surface area contributed by atoms with Crippen LogP contribution < -0.4 is 9.47 Å². The highest BCUT2D eigenvalue weighted by molar-refractivity contribution is 5.46. The summed E-state index contributed by atoms with van der Waals surface area (Å²) in [6.45, 7) is 2.07. The van der Waals surface area contributed by atoms with Crippen molar-refractivity contribution in [2.24, 2.45) is 0 Å². The first-order valence-corrected chi connectivity index (χ1v) is 7.96. The Hall–Kier alpha value is -2.26. The Bertz CT molecular complexity index is 719. The molecule has 1 N–H and O–H groups in total. The Morgan fingerprint density at radius 1 is 1.09 bits per heavy atom. The number of fused-ring (bicyclic) bond motifs is 2. The highest BCUT2D eigenvalue weighted by Gasteiger charge is 2.15. The van der Waals surface area contributed by atoms with Gasteiger partial charge in [-0.15, -0.1) is 0 Å². The summed E-state index contributed by atoms with van der Waals surface area (Å²) in [6.07, 6.45) is 4.14. The lowest BCUT2D eigenvalue weighted by atomic mass is 10.0. The van der Waals surface area contributed by atoms with Crippen LogP contribution in [-0.2, 0) is 6.42 Å². The smallest absolute Gasteiger partial charge is 0.133 e. The maximum Gasteiger partial charge on any atom is 0.133 e. The molecule has 1 atom stereocenters. The lowest BCUT2D eigenvalue weighted by Gasteiger charge is -2.16. The van der Waals surface area contributed by atoms with Crippen LogP contribution in [0.2, 0.25) is 0 Å². The van der Waals surface area contributed by atoms with Crippen LogP contribution in [0.15, 0.2) is 54.1 Å². The normalized spacial score (nSPS) is 20.1. The van der Waals surface area contributed by atoms with Gasteiger partial charge in [0.2, 0.25) is 0 Å². The molecule has 2 aromatic rings. The SMILES string of the molecule is COc1ccc2c(c1)CCC/C(C)=C\C(O)c1ccccc1O2. The van der Waals surface area contributed by atoms with Crippen LogP contribution in [0.25, 0.3) is 0 Å². The minimum absolute atomic E-state index is 0.647. The van der Waals surface area contributed by atoms with Gasteiger partial charge in [-0.3, -0.25) is 0 Å². The van der Waals surface area contributed by atoms with Gasteiger partial charge in [0.25, 0.3) is 0 Å². The van der Waals surface area contributed by atoms with E-state index < -0.39 is 6.10 Å². The zero-order chi connectivity index (χ0) is 16.2. The van der Waals surface area contributed by atoms with E-state index in [9.17, 15) is 5.11 Å². The second-order valence-electron chi connectivity index (χ2n) is 5.92. The van der Waals surface area contributed by atoms with E-state index >= 15 is 0 Å². The van der Waals surface area contributed by atoms with Crippen molar-refractivity contribution >= 4 is 0 Å². The van der Waals surface area contributed by atoms with Crippen LogP contribution in [0.3, 0.4) is 0 Å². The largest absolute Gasteiger partial charge is 0.497 e. The number of aryl methyl sites for hydroxylation is 1. The summed E-state index contributed by atoms with van der Waals surface area (Å²) < 4.78 is 11.5. The molecule has 0 bridgehead atoms. The van der Waals surface area contributed by atoms with E-state index in [1.807, 2.05) is 48.5 Å². The lowest BCUT2D eigenvalue weighted by Crippen LogP contribution is -1.99. The summed E-state index contributed by atoms with van der Waals surface area (Å²) in [4.78, 5) is 0. The van der Waals surface area contributed by atoms with Crippen molar-refractivity contribution < 1.29 is 14.6 Å². The molecule has 3 rings (SSSR count). The average Bonchev–Trinajstić information content (AvgIpc) is 2.58. The molecule has 23 heavy (non-hydrogen) atoms. The minimum atomic E-state index is -0.647. The molecule has 0 saturated heterocycles. The fraction of sp³-hybridized carbons (Fsp3) is 0.300. The number of benzene rings is 2. The molecule has 0 fully saturated rings. The highest BCUT2D eigenvalue weighted by Crippen LogP contribution is 2.35. The molecule has 0 aliphatic carbocycles. The van der Waals surface area contributed by atoms with E-state index in [-0.39, 0.29) is 0 Å². The van der Waals surface area contributed by atoms with Gasteiger partial charge >= 0.3 is 0 Å². The number of hydrogen-bond donors (Lipinski definition) is 1. The van der Waals surface area contributed by atoms with E-state index in [2.05, 4.69) is 6.92 Å². The highest BCUT2D eigenvalue weighted by atomic mass is 16.5. The average molecular weight is 310 g/mol. The predicted molar refractivity (Wildman–Crippen MR) is 91.2 cm³/mol. The van der Waals surface area contributed by atoms with Gasteiger partial charge in [0, 0.05) is 5.56 Å². The van der Waals surface area contributed by atoms with Crippen LogP contribution in [0.1, 0.15) is 37.0 Å². The fourth-order valence-corrected chi connectivity index (χ4v) is 2.91. The zero-order valence-corrected chi connectivity index (χ0v) is 13.6. The van der Waals surface area contributed by atoms with Crippen molar-refractivity contribution in [3.05, 3.63) is 65.2 Å². The molecule has 3 nitrogen and oxygen atoms in total. The molecule has 0 amide bonds. The van der Waals surface area contributed by atoms with Gasteiger partial charge in [-0.2, -0.15) is 0 Å². The number of hydrogen-bond acceptors (Lipinski definition) is 3. The van der Waals surface area contributed by atoms with Gasteiger partial charge in [0.15, 0.2) is 0 Å². The quantitative estimate of drug-likeness (QED) is 0.769. The molecule has 1 unspecified atom stereocenters. The van der Waals surface area contributed by atoms with Gasteiger partial charge in [0.05, 0.1) is 7.11 Å². The Morgan fingerprint density at radius 3 is 2.74 bits per heavy atom. The lowest BCUT2D eigenvalue weighted by molar-refractivity contribution is 0.223. The molecule has 1 aliphatic rings. The van der Waals surface area contributed by atoms with E-state index in [0.717, 1.165) is 41.9 Å². The third-order valence-electron chi connectivity index (χ3n) is 4.18. The van der Waals surface area contributed by atoms with Crippen molar-refractivity contribution in [1.29, 1.82) is 0 Å². The Morgan fingerprint density at radius 2 is 1.91 bits per heavy atom. The molecular formula is C20H22O3. The van der Waals surface area contributed by atoms with Crippen LogP contribution >= 0.6 is 0 Å². The molecule has 1 heterocycles. The van der Waals surface area contributed by atoms with E-state index in [1.54, 1.807) is 7.11 Å². The number of aliphatic hydroxyl groups excluding tert-OH is 1. The number of methoxy groups -OCH3 is 1. The Kier molecular flexibility index (Phi) is 4.68. The molecule has 2 aromatic carbocycles. The monoisotopic (exact) mass is 310 g/mol. The van der Waals surface area contributed by atoms with Crippen LogP contribution in [-0.4, -0.2) is 12.2 Å². The Labute approximate surface area is 137 Å². The van der Waals surface area contributed by atoms with Crippen LogP contribution in [0, 0.1) is 0 Å². The summed E-state index contributed by atoms with van der Waals surface area (Å²) in [5, 5.41) is 10.5. The number of rotatable bonds is 1. The van der Waals surface area contributed by atoms with Gasteiger partial charge in [-0.1, -0.05) is 29.8 Å². The molecule has 0 spiro atoms. The molecule has 0 saturated carbocycles. The van der Waals surface area contributed by atoms with Crippen molar-refractivity contribution in [2.45, 2.75) is 32.3 Å². The predicted octanol–water partition coefficient (Wildman–Crippen LogP) is 4.80. The summed E-state index contributed by atoms with van der Waals surface area (Å²) in [5.41, 5.74) is 3.11. The number of ether oxygens (including phenoxy) is 2. The number of para-hydroxylation sites is 1. The van der Waals surface area contributed by atoms with E-state index in [1.165, 1.54) is 5.57 Å². The summed E-state index contributed by atoms with van der Waals surface area (Å²) in [6, 6.07) is 13.5. The third kappa shape index (κ3) is 3.57. The van der Waals surface area contributed by atoms with Crippen LogP contribution in [0.4, 0.5) is 0 Å². The second-order valence-corrected chi connectivity index (χ2v) is 5.92. The molecule has 120 valence electrons. The summed E-state index contributed by atoms with van der Waals surface area (Å²) >= 11 is 0. The van der Waals surface area contributed by atoms with Crippen molar-refractivity contribution in [2.75, 3.05) is 7.11 Å². The Balaban J connectivity index is 2.07. The molecule has 0 aromatic heterocycles. The first-order chi connectivity index (χ1) is 11.2. The number of allylic oxidation sites excluding steroid dienone is 1. The van der Waals surface area contributed by atoms with Gasteiger partial charge in [-0.25, -0.2) is 0 Å². The third-order valence-corrected chi connectivity index (χ3v) is 4.18. The zero-order valence-electron chi connectivity index (χ0n) is 13.6. The van der Waals surface area contributed by atoms with E-state index in [0.29, 0.717) is 5.75 Å². The first kappa shape index (κ1) is 15.6. The van der Waals surface area contributed by atoms with Crippen LogP contribution in [0.5, 0.6) is 17.2 Å². The van der Waals surface area contributed by atoms with E-state index in [4.69, 9.17) is 9.47 Å². The molecule has 0 radical (unpaired) electrons. The topological polar surface area (TPSA) is 38.7 Å². The van der Waals surface area contributed by atoms with Crippen molar-refractivity contribution in [3.63, 3.8) is 0 Å².